The summed E-state index contributed by atoms with van der Waals surface area (Å²) in [4.78, 5) is 0. The van der Waals surface area contributed by atoms with Crippen molar-refractivity contribution >= 4 is 0 Å². The lowest BCUT2D eigenvalue weighted by Crippen LogP contribution is -2.21. The molecule has 0 heterocycles. The number of hydrogen-bond donors (Lipinski definition) is 2. The van der Waals surface area contributed by atoms with Crippen molar-refractivity contribution in [2.45, 2.75) is 154 Å². The van der Waals surface area contributed by atoms with Gasteiger partial charge >= 0.3 is 0 Å². The maximum absolute atomic E-state index is 9.52. The second kappa shape index (κ2) is 21.2. The molecule has 0 aromatic rings. The van der Waals surface area contributed by atoms with Crippen molar-refractivity contribution in [1.82, 2.24) is 0 Å². The largest absolute Gasteiger partial charge is 0.391 e. The third kappa shape index (κ3) is 20.2. The number of aliphatic hydroxyl groups is 2. The van der Waals surface area contributed by atoms with Gasteiger partial charge in [-0.2, -0.15) is 0 Å². The van der Waals surface area contributed by atoms with E-state index in [1.165, 1.54) is 116 Å². The Kier molecular flexibility index (Phi) is 21.2. The van der Waals surface area contributed by atoms with Gasteiger partial charge in [-0.1, -0.05) is 129 Å². The van der Waals surface area contributed by atoms with Crippen molar-refractivity contribution in [2.24, 2.45) is 0 Å². The number of rotatable bonds is 21. The summed E-state index contributed by atoms with van der Waals surface area (Å²) in [5.41, 5.74) is 0. The second-order valence-corrected chi connectivity index (χ2v) is 8.46. The van der Waals surface area contributed by atoms with Crippen LogP contribution in [0.2, 0.25) is 0 Å². The van der Waals surface area contributed by atoms with Crippen LogP contribution in [0.4, 0.5) is 0 Å². The summed E-state index contributed by atoms with van der Waals surface area (Å²) < 4.78 is 0. The molecule has 0 bridgehead atoms. The minimum Gasteiger partial charge on any atom is -0.391 e. The first kappa shape index (κ1) is 25.9. The lowest BCUT2D eigenvalue weighted by Gasteiger charge is -2.12. The molecular formula is C24H50O2. The van der Waals surface area contributed by atoms with Crippen LogP contribution in [0.3, 0.4) is 0 Å². The molecule has 0 aliphatic carbocycles. The van der Waals surface area contributed by atoms with Gasteiger partial charge in [-0.25, -0.2) is 0 Å². The highest BCUT2D eigenvalue weighted by Crippen LogP contribution is 2.15. The van der Waals surface area contributed by atoms with E-state index in [9.17, 15) is 10.2 Å². The lowest BCUT2D eigenvalue weighted by molar-refractivity contribution is 0.0247. The molecule has 0 radical (unpaired) electrons. The van der Waals surface area contributed by atoms with Gasteiger partial charge in [-0.3, -0.25) is 0 Å². The fraction of sp³-hybridized carbons (Fsp3) is 1.00. The van der Waals surface area contributed by atoms with Gasteiger partial charge in [0.15, 0.2) is 0 Å². The number of unbranched alkanes of at least 4 members (excludes halogenated alkanes) is 18. The maximum Gasteiger partial charge on any atom is 0.0796 e. The normalized spacial score (nSPS) is 13.8. The summed E-state index contributed by atoms with van der Waals surface area (Å²) in [7, 11) is 0. The molecule has 0 aliphatic heterocycles. The molecule has 0 spiro atoms. The van der Waals surface area contributed by atoms with Crippen LogP contribution >= 0.6 is 0 Å². The molecule has 0 amide bonds. The summed E-state index contributed by atoms with van der Waals surface area (Å²) in [5.74, 6) is 0. The van der Waals surface area contributed by atoms with Gasteiger partial charge in [0.2, 0.25) is 0 Å². The molecule has 0 aromatic carbocycles. The van der Waals surface area contributed by atoms with E-state index in [0.717, 1.165) is 12.8 Å². The van der Waals surface area contributed by atoms with Crippen molar-refractivity contribution in [3.05, 3.63) is 0 Å². The zero-order valence-corrected chi connectivity index (χ0v) is 18.2. The molecule has 158 valence electrons. The molecular weight excluding hydrogens is 320 g/mol. The van der Waals surface area contributed by atoms with Crippen molar-refractivity contribution in [2.75, 3.05) is 0 Å². The second-order valence-electron chi connectivity index (χ2n) is 8.46. The first-order chi connectivity index (χ1) is 12.7. The Hall–Kier alpha value is -0.0800. The number of hydrogen-bond acceptors (Lipinski definition) is 2. The van der Waals surface area contributed by atoms with Crippen LogP contribution in [0.25, 0.3) is 0 Å². The van der Waals surface area contributed by atoms with Crippen LogP contribution in [-0.4, -0.2) is 22.4 Å². The average Bonchev–Trinajstić information content (AvgIpc) is 2.63. The summed E-state index contributed by atoms with van der Waals surface area (Å²) in [6.45, 7) is 3.95. The highest BCUT2D eigenvalue weighted by atomic mass is 16.3. The smallest absolute Gasteiger partial charge is 0.0796 e. The molecule has 0 saturated carbocycles. The Morgan fingerprint density at radius 1 is 0.462 bits per heavy atom. The summed E-state index contributed by atoms with van der Waals surface area (Å²) in [6, 6.07) is 0. The van der Waals surface area contributed by atoms with Crippen LogP contribution in [0.5, 0.6) is 0 Å². The van der Waals surface area contributed by atoms with Gasteiger partial charge in [0.05, 0.1) is 12.2 Å². The molecule has 2 nitrogen and oxygen atoms in total. The predicted octanol–water partition coefficient (Wildman–Crippen LogP) is 7.55. The molecule has 0 fully saturated rings. The van der Waals surface area contributed by atoms with Crippen LogP contribution < -0.4 is 0 Å². The van der Waals surface area contributed by atoms with E-state index in [0.29, 0.717) is 0 Å². The quantitative estimate of drug-likeness (QED) is 0.205. The monoisotopic (exact) mass is 370 g/mol. The number of aliphatic hydroxyl groups excluding tert-OH is 2. The molecule has 0 saturated heterocycles. The van der Waals surface area contributed by atoms with Gasteiger partial charge in [0, 0.05) is 0 Å². The van der Waals surface area contributed by atoms with E-state index in [1.54, 1.807) is 6.92 Å². The minimum atomic E-state index is -0.578. The summed E-state index contributed by atoms with van der Waals surface area (Å²) in [6.07, 6.45) is 26.0. The van der Waals surface area contributed by atoms with Crippen molar-refractivity contribution in [3.63, 3.8) is 0 Å². The van der Waals surface area contributed by atoms with Gasteiger partial charge in [0.25, 0.3) is 0 Å². The minimum absolute atomic E-state index is 0.527. The van der Waals surface area contributed by atoms with Crippen molar-refractivity contribution in [1.29, 1.82) is 0 Å². The standard InChI is InChI=1S/C24H50O2/c1-3-4-5-6-7-8-9-10-11-12-13-14-15-16-17-18-19-20-21-22-24(26)23(2)25/h23-26H,3-22H2,1-2H3. The topological polar surface area (TPSA) is 40.5 Å². The molecule has 2 unspecified atom stereocenters. The Labute approximate surface area is 165 Å². The van der Waals surface area contributed by atoms with Gasteiger partial charge in [-0.15, -0.1) is 0 Å². The zero-order chi connectivity index (χ0) is 19.3. The third-order valence-electron chi connectivity index (χ3n) is 5.66. The molecule has 2 N–H and O–H groups in total. The first-order valence-electron chi connectivity index (χ1n) is 12.0. The van der Waals surface area contributed by atoms with E-state index in [2.05, 4.69) is 6.92 Å². The van der Waals surface area contributed by atoms with Crippen LogP contribution in [-0.2, 0) is 0 Å². The average molecular weight is 371 g/mol. The Bertz CT molecular complexity index is 253. The van der Waals surface area contributed by atoms with E-state index in [1.807, 2.05) is 0 Å². The SMILES string of the molecule is CCCCCCCCCCCCCCCCCCCCCC(O)C(C)O. The molecule has 0 aromatic heterocycles. The molecule has 0 rings (SSSR count). The highest BCUT2D eigenvalue weighted by molar-refractivity contribution is 4.61. The molecule has 26 heavy (non-hydrogen) atoms. The van der Waals surface area contributed by atoms with Crippen LogP contribution in [0.15, 0.2) is 0 Å². The Balaban J connectivity index is 3.03. The summed E-state index contributed by atoms with van der Waals surface area (Å²) in [5, 5.41) is 18.7. The van der Waals surface area contributed by atoms with Gasteiger partial charge in [0.1, 0.15) is 0 Å². The van der Waals surface area contributed by atoms with E-state index in [4.69, 9.17) is 0 Å². The fourth-order valence-electron chi connectivity index (χ4n) is 3.67. The first-order valence-corrected chi connectivity index (χ1v) is 12.0. The molecule has 2 heteroatoms. The molecule has 0 aliphatic rings. The summed E-state index contributed by atoms with van der Waals surface area (Å²) >= 11 is 0. The highest BCUT2D eigenvalue weighted by Gasteiger charge is 2.09. The molecule has 2 atom stereocenters. The van der Waals surface area contributed by atoms with Crippen LogP contribution in [0, 0.1) is 0 Å². The fourth-order valence-corrected chi connectivity index (χ4v) is 3.67. The predicted molar refractivity (Wildman–Crippen MR) is 116 cm³/mol. The van der Waals surface area contributed by atoms with E-state index in [-0.39, 0.29) is 0 Å². The Morgan fingerprint density at radius 2 is 0.731 bits per heavy atom. The van der Waals surface area contributed by atoms with Crippen LogP contribution in [0.1, 0.15) is 142 Å². The van der Waals surface area contributed by atoms with E-state index < -0.39 is 12.2 Å². The van der Waals surface area contributed by atoms with Gasteiger partial charge in [-0.05, 0) is 13.3 Å². The van der Waals surface area contributed by atoms with Crippen molar-refractivity contribution < 1.29 is 10.2 Å². The lowest BCUT2D eigenvalue weighted by atomic mass is 10.0. The van der Waals surface area contributed by atoms with E-state index >= 15 is 0 Å². The third-order valence-corrected chi connectivity index (χ3v) is 5.66. The zero-order valence-electron chi connectivity index (χ0n) is 18.2. The van der Waals surface area contributed by atoms with Crippen molar-refractivity contribution in [3.8, 4) is 0 Å². The maximum atomic E-state index is 9.52. The van der Waals surface area contributed by atoms with Gasteiger partial charge < -0.3 is 10.2 Å². The Morgan fingerprint density at radius 3 is 1.00 bits per heavy atom.